The Kier molecular flexibility index (Phi) is 3.90. The first kappa shape index (κ1) is 13.3. The van der Waals surface area contributed by atoms with Gasteiger partial charge in [0.2, 0.25) is 5.91 Å². The average molecular weight is 254 g/mol. The molecule has 0 saturated carbocycles. The van der Waals surface area contributed by atoms with E-state index in [1.54, 1.807) is 4.90 Å². The molecule has 0 radical (unpaired) electrons. The molecule has 102 valence electrons. The van der Waals surface area contributed by atoms with Crippen LogP contribution >= 0.6 is 0 Å². The van der Waals surface area contributed by atoms with Crippen molar-refractivity contribution in [2.75, 3.05) is 19.6 Å². The van der Waals surface area contributed by atoms with Crippen LogP contribution < -0.4 is 5.32 Å². The van der Waals surface area contributed by atoms with Gasteiger partial charge in [0.1, 0.15) is 0 Å². The molecule has 2 aliphatic rings. The SMILES string of the molecule is CCCC1(C(=O)O)CCN(C(=O)[C@@H]2CCCN2)C1. The first-order chi connectivity index (χ1) is 8.59. The van der Waals surface area contributed by atoms with Crippen LogP contribution in [0.2, 0.25) is 0 Å². The minimum atomic E-state index is -0.751. The Morgan fingerprint density at radius 3 is 2.83 bits per heavy atom. The van der Waals surface area contributed by atoms with Gasteiger partial charge in [0, 0.05) is 13.1 Å². The number of amides is 1. The third-order valence-electron chi connectivity index (χ3n) is 4.21. The van der Waals surface area contributed by atoms with E-state index in [0.717, 1.165) is 25.8 Å². The molecule has 2 rings (SSSR count). The molecule has 2 N–H and O–H groups in total. The van der Waals surface area contributed by atoms with Crippen LogP contribution in [0.1, 0.15) is 39.0 Å². The molecule has 5 heteroatoms. The van der Waals surface area contributed by atoms with Gasteiger partial charge in [-0.1, -0.05) is 13.3 Å². The lowest BCUT2D eigenvalue weighted by molar-refractivity contribution is -0.149. The van der Waals surface area contributed by atoms with Crippen LogP contribution in [-0.4, -0.2) is 47.6 Å². The summed E-state index contributed by atoms with van der Waals surface area (Å²) in [5.74, 6) is -0.661. The molecule has 5 nitrogen and oxygen atoms in total. The first-order valence-corrected chi connectivity index (χ1v) is 6.84. The first-order valence-electron chi connectivity index (χ1n) is 6.84. The quantitative estimate of drug-likeness (QED) is 0.780. The average Bonchev–Trinajstić information content (AvgIpc) is 2.98. The number of likely N-dealkylation sites (tertiary alicyclic amines) is 1. The fourth-order valence-corrected chi connectivity index (χ4v) is 3.14. The normalized spacial score (nSPS) is 31.8. The summed E-state index contributed by atoms with van der Waals surface area (Å²) < 4.78 is 0. The lowest BCUT2D eigenvalue weighted by atomic mass is 9.83. The van der Waals surface area contributed by atoms with Crippen LogP contribution in [0.3, 0.4) is 0 Å². The van der Waals surface area contributed by atoms with Crippen molar-refractivity contribution in [3.8, 4) is 0 Å². The number of hydrogen-bond acceptors (Lipinski definition) is 3. The number of carboxylic acid groups (broad SMARTS) is 1. The topological polar surface area (TPSA) is 69.6 Å². The summed E-state index contributed by atoms with van der Waals surface area (Å²) in [6.45, 7) is 3.85. The van der Waals surface area contributed by atoms with Crippen LogP contribution in [0.4, 0.5) is 0 Å². The maximum Gasteiger partial charge on any atom is 0.311 e. The van der Waals surface area contributed by atoms with E-state index in [1.807, 2.05) is 6.92 Å². The Bertz CT molecular complexity index is 339. The third-order valence-corrected chi connectivity index (χ3v) is 4.21. The molecule has 2 atom stereocenters. The molecule has 2 fully saturated rings. The van der Waals surface area contributed by atoms with Gasteiger partial charge in [-0.2, -0.15) is 0 Å². The van der Waals surface area contributed by atoms with Crippen molar-refractivity contribution >= 4 is 11.9 Å². The number of carboxylic acids is 1. The number of nitrogens with one attached hydrogen (secondary N) is 1. The predicted octanol–water partition coefficient (Wildman–Crippen LogP) is 0.842. The lowest BCUT2D eigenvalue weighted by Gasteiger charge is -2.25. The van der Waals surface area contributed by atoms with Crippen LogP contribution in [0.5, 0.6) is 0 Å². The molecule has 0 spiro atoms. The zero-order valence-electron chi connectivity index (χ0n) is 10.9. The Labute approximate surface area is 108 Å². The van der Waals surface area contributed by atoms with Gasteiger partial charge in [0.15, 0.2) is 0 Å². The fraction of sp³-hybridized carbons (Fsp3) is 0.846. The van der Waals surface area contributed by atoms with Gasteiger partial charge in [-0.05, 0) is 32.2 Å². The molecule has 0 aromatic carbocycles. The number of hydrogen-bond donors (Lipinski definition) is 2. The van der Waals surface area contributed by atoms with E-state index in [0.29, 0.717) is 25.9 Å². The van der Waals surface area contributed by atoms with Crippen LogP contribution in [0.25, 0.3) is 0 Å². The van der Waals surface area contributed by atoms with Crippen molar-refractivity contribution in [1.82, 2.24) is 10.2 Å². The van der Waals surface area contributed by atoms with Gasteiger partial charge in [-0.15, -0.1) is 0 Å². The third kappa shape index (κ3) is 2.36. The molecule has 1 amide bonds. The van der Waals surface area contributed by atoms with E-state index in [9.17, 15) is 14.7 Å². The largest absolute Gasteiger partial charge is 0.481 e. The lowest BCUT2D eigenvalue weighted by Crippen LogP contribution is -2.44. The summed E-state index contributed by atoms with van der Waals surface area (Å²) in [5.41, 5.74) is -0.705. The summed E-state index contributed by atoms with van der Waals surface area (Å²) in [5, 5.41) is 12.6. The summed E-state index contributed by atoms with van der Waals surface area (Å²) in [6.07, 6.45) is 4.00. The number of rotatable bonds is 4. The Hall–Kier alpha value is -1.10. The van der Waals surface area contributed by atoms with E-state index >= 15 is 0 Å². The van der Waals surface area contributed by atoms with Crippen molar-refractivity contribution in [2.24, 2.45) is 5.41 Å². The molecule has 0 aromatic rings. The minimum absolute atomic E-state index is 0.0868. The highest BCUT2D eigenvalue weighted by Crippen LogP contribution is 2.36. The molecule has 1 unspecified atom stereocenters. The fourth-order valence-electron chi connectivity index (χ4n) is 3.14. The summed E-state index contributed by atoms with van der Waals surface area (Å²) >= 11 is 0. The molecule has 0 aromatic heterocycles. The second kappa shape index (κ2) is 5.26. The molecule has 0 bridgehead atoms. The van der Waals surface area contributed by atoms with E-state index in [1.165, 1.54) is 0 Å². The highest BCUT2D eigenvalue weighted by molar-refractivity contribution is 5.84. The summed E-state index contributed by atoms with van der Waals surface area (Å²) in [6, 6.07) is -0.0868. The van der Waals surface area contributed by atoms with Gasteiger partial charge in [0.25, 0.3) is 0 Å². The number of carbonyl (C=O) groups excluding carboxylic acids is 1. The highest BCUT2D eigenvalue weighted by Gasteiger charge is 2.46. The molecule has 2 aliphatic heterocycles. The maximum atomic E-state index is 12.2. The molecule has 0 aliphatic carbocycles. The van der Waals surface area contributed by atoms with E-state index in [-0.39, 0.29) is 11.9 Å². The summed E-state index contributed by atoms with van der Waals surface area (Å²) in [7, 11) is 0. The van der Waals surface area contributed by atoms with Gasteiger partial charge < -0.3 is 15.3 Å². The minimum Gasteiger partial charge on any atom is -0.481 e. The smallest absolute Gasteiger partial charge is 0.311 e. The van der Waals surface area contributed by atoms with Crippen molar-refractivity contribution in [1.29, 1.82) is 0 Å². The van der Waals surface area contributed by atoms with Crippen molar-refractivity contribution in [3.05, 3.63) is 0 Å². The molecule has 18 heavy (non-hydrogen) atoms. The Morgan fingerprint density at radius 1 is 1.50 bits per heavy atom. The van der Waals surface area contributed by atoms with Crippen LogP contribution in [-0.2, 0) is 9.59 Å². The zero-order valence-corrected chi connectivity index (χ0v) is 10.9. The van der Waals surface area contributed by atoms with E-state index < -0.39 is 11.4 Å². The van der Waals surface area contributed by atoms with E-state index in [2.05, 4.69) is 5.32 Å². The van der Waals surface area contributed by atoms with Crippen molar-refractivity contribution in [2.45, 2.75) is 45.1 Å². The highest BCUT2D eigenvalue weighted by atomic mass is 16.4. The predicted molar refractivity (Wildman–Crippen MR) is 67.2 cm³/mol. The molecule has 2 saturated heterocycles. The van der Waals surface area contributed by atoms with Crippen LogP contribution in [0.15, 0.2) is 0 Å². The van der Waals surface area contributed by atoms with Gasteiger partial charge in [0.05, 0.1) is 11.5 Å². The Morgan fingerprint density at radius 2 is 2.28 bits per heavy atom. The van der Waals surface area contributed by atoms with Crippen molar-refractivity contribution in [3.63, 3.8) is 0 Å². The monoisotopic (exact) mass is 254 g/mol. The molecule has 2 heterocycles. The maximum absolute atomic E-state index is 12.2. The second-order valence-corrected chi connectivity index (χ2v) is 5.49. The van der Waals surface area contributed by atoms with Gasteiger partial charge in [-0.3, -0.25) is 9.59 Å². The summed E-state index contributed by atoms with van der Waals surface area (Å²) in [4.78, 5) is 25.4. The van der Waals surface area contributed by atoms with E-state index in [4.69, 9.17) is 0 Å². The zero-order chi connectivity index (χ0) is 13.2. The van der Waals surface area contributed by atoms with Gasteiger partial charge in [-0.25, -0.2) is 0 Å². The standard InChI is InChI=1S/C13H22N2O3/c1-2-5-13(12(17)18)6-8-15(9-13)11(16)10-4-3-7-14-10/h10,14H,2-9H2,1H3,(H,17,18)/t10-,13?/m0/s1. The van der Waals surface area contributed by atoms with Crippen LogP contribution in [0, 0.1) is 5.41 Å². The molecular weight excluding hydrogens is 232 g/mol. The number of aliphatic carboxylic acids is 1. The van der Waals surface area contributed by atoms with Gasteiger partial charge >= 0.3 is 5.97 Å². The van der Waals surface area contributed by atoms with Crippen molar-refractivity contribution < 1.29 is 14.7 Å². The number of nitrogens with zero attached hydrogens (tertiary/aromatic N) is 1. The molecular formula is C13H22N2O3. The number of carbonyl (C=O) groups is 2. The Balaban J connectivity index is 2.01. The second-order valence-electron chi connectivity index (χ2n) is 5.49.